The van der Waals surface area contributed by atoms with E-state index in [-0.39, 0.29) is 11.8 Å². The number of hydrogen-bond acceptors (Lipinski definition) is 5. The van der Waals surface area contributed by atoms with Crippen molar-refractivity contribution in [3.8, 4) is 11.5 Å². The highest BCUT2D eigenvalue weighted by molar-refractivity contribution is 6.45. The molecule has 3 aromatic rings. The van der Waals surface area contributed by atoms with Crippen LogP contribution in [0.5, 0.6) is 11.5 Å². The number of carbonyl (C=O) groups is 2. The van der Waals surface area contributed by atoms with Crippen LogP contribution < -0.4 is 14.4 Å². The van der Waals surface area contributed by atoms with Crippen molar-refractivity contribution >= 4 is 23.1 Å². The van der Waals surface area contributed by atoms with Crippen LogP contribution in [0.2, 0.25) is 0 Å². The van der Waals surface area contributed by atoms with Crippen molar-refractivity contribution in [2.45, 2.75) is 19.9 Å². The first kappa shape index (κ1) is 21.8. The van der Waals surface area contributed by atoms with E-state index >= 15 is 0 Å². The zero-order valence-electron chi connectivity index (χ0n) is 19.5. The van der Waals surface area contributed by atoms with E-state index < -0.39 is 0 Å². The van der Waals surface area contributed by atoms with E-state index in [4.69, 9.17) is 9.47 Å². The van der Waals surface area contributed by atoms with Gasteiger partial charge in [-0.3, -0.25) is 9.59 Å². The van der Waals surface area contributed by atoms with Gasteiger partial charge in [0.05, 0.1) is 25.5 Å². The lowest BCUT2D eigenvalue weighted by molar-refractivity contribution is -0.120. The van der Waals surface area contributed by atoms with Crippen LogP contribution >= 0.6 is 0 Å². The lowest BCUT2D eigenvalue weighted by Crippen LogP contribution is -2.37. The maximum atomic E-state index is 13.9. The number of ether oxygens (including phenoxy) is 2. The fraction of sp³-hybridized carbons (Fsp3) is 0.214. The number of nitrogens with zero attached hydrogens (tertiary/aromatic N) is 2. The third kappa shape index (κ3) is 3.71. The molecule has 6 heteroatoms. The van der Waals surface area contributed by atoms with E-state index in [0.29, 0.717) is 41.5 Å². The molecule has 0 atom stereocenters. The number of methoxy groups -OCH3 is 2. The van der Waals surface area contributed by atoms with E-state index in [9.17, 15) is 9.59 Å². The second-order valence-corrected chi connectivity index (χ2v) is 8.55. The third-order valence-electron chi connectivity index (χ3n) is 6.44. The Kier molecular flexibility index (Phi) is 5.57. The van der Waals surface area contributed by atoms with Crippen LogP contribution in [0.25, 0.3) is 5.57 Å². The molecule has 34 heavy (non-hydrogen) atoms. The van der Waals surface area contributed by atoms with Crippen molar-refractivity contribution in [1.29, 1.82) is 0 Å². The lowest BCUT2D eigenvalue weighted by atomic mass is 9.97. The Hall–Kier alpha value is -4.06. The third-order valence-corrected chi connectivity index (χ3v) is 6.44. The zero-order valence-corrected chi connectivity index (χ0v) is 19.5. The van der Waals surface area contributed by atoms with Gasteiger partial charge in [-0.1, -0.05) is 54.1 Å². The average molecular weight is 455 g/mol. The highest BCUT2D eigenvalue weighted by atomic mass is 16.5. The summed E-state index contributed by atoms with van der Waals surface area (Å²) in [7, 11) is 3.08. The molecule has 2 heterocycles. The molecule has 0 fully saturated rings. The Morgan fingerprint density at radius 3 is 2.09 bits per heavy atom. The van der Waals surface area contributed by atoms with Crippen LogP contribution in [0.1, 0.15) is 22.3 Å². The Morgan fingerprint density at radius 1 is 0.794 bits per heavy atom. The van der Waals surface area contributed by atoms with Gasteiger partial charge in [0.1, 0.15) is 17.2 Å². The summed E-state index contributed by atoms with van der Waals surface area (Å²) in [4.78, 5) is 31.0. The zero-order chi connectivity index (χ0) is 23.8. The summed E-state index contributed by atoms with van der Waals surface area (Å²) < 4.78 is 10.8. The van der Waals surface area contributed by atoms with Crippen LogP contribution in [0.3, 0.4) is 0 Å². The summed E-state index contributed by atoms with van der Waals surface area (Å²) in [5.74, 6) is 0.327. The van der Waals surface area contributed by atoms with Crippen LogP contribution in [0, 0.1) is 6.92 Å². The Bertz CT molecular complexity index is 1290. The molecule has 0 bridgehead atoms. The van der Waals surface area contributed by atoms with E-state index in [1.807, 2.05) is 48.2 Å². The molecule has 0 N–H and O–H groups in total. The highest BCUT2D eigenvalue weighted by Gasteiger charge is 2.43. The number of amides is 2. The first-order valence-corrected chi connectivity index (χ1v) is 11.2. The number of carbonyl (C=O) groups excluding carboxylic acids is 2. The molecule has 2 aliphatic rings. The number of rotatable bonds is 5. The van der Waals surface area contributed by atoms with E-state index in [1.165, 1.54) is 16.0 Å². The van der Waals surface area contributed by atoms with Gasteiger partial charge in [-0.25, -0.2) is 4.90 Å². The Labute approximate surface area is 199 Å². The van der Waals surface area contributed by atoms with Gasteiger partial charge < -0.3 is 14.4 Å². The molecule has 172 valence electrons. The van der Waals surface area contributed by atoms with Crippen molar-refractivity contribution in [2.24, 2.45) is 0 Å². The van der Waals surface area contributed by atoms with Crippen molar-refractivity contribution in [3.05, 3.63) is 94.7 Å². The number of anilines is 1. The van der Waals surface area contributed by atoms with Gasteiger partial charge >= 0.3 is 0 Å². The normalized spacial score (nSPS) is 15.6. The quantitative estimate of drug-likeness (QED) is 0.537. The summed E-state index contributed by atoms with van der Waals surface area (Å²) in [6.45, 7) is 3.24. The van der Waals surface area contributed by atoms with Gasteiger partial charge in [0, 0.05) is 31.3 Å². The molecular weight excluding hydrogens is 428 g/mol. The minimum Gasteiger partial charge on any atom is -0.497 e. The van der Waals surface area contributed by atoms with Crippen molar-refractivity contribution in [3.63, 3.8) is 0 Å². The van der Waals surface area contributed by atoms with Crippen LogP contribution in [0.4, 0.5) is 5.69 Å². The Morgan fingerprint density at radius 2 is 1.44 bits per heavy atom. The second kappa shape index (κ2) is 8.71. The predicted octanol–water partition coefficient (Wildman–Crippen LogP) is 4.36. The summed E-state index contributed by atoms with van der Waals surface area (Å²) in [6.07, 6.45) is 0.815. The molecular formula is C28H26N2O4. The van der Waals surface area contributed by atoms with Crippen LogP contribution in [0.15, 0.2) is 72.4 Å². The van der Waals surface area contributed by atoms with Crippen molar-refractivity contribution < 1.29 is 19.1 Å². The Balaban J connectivity index is 1.62. The monoisotopic (exact) mass is 454 g/mol. The largest absolute Gasteiger partial charge is 0.497 e. The molecule has 0 unspecified atom stereocenters. The molecule has 6 nitrogen and oxygen atoms in total. The number of benzene rings is 3. The smallest absolute Gasteiger partial charge is 0.282 e. The number of imide groups is 1. The minimum atomic E-state index is -0.349. The summed E-state index contributed by atoms with van der Waals surface area (Å²) in [5.41, 5.74) is 5.55. The highest BCUT2D eigenvalue weighted by Crippen LogP contribution is 2.39. The summed E-state index contributed by atoms with van der Waals surface area (Å²) >= 11 is 0. The predicted molar refractivity (Wildman–Crippen MR) is 131 cm³/mol. The number of hydrogen-bond donors (Lipinski definition) is 0. The van der Waals surface area contributed by atoms with Crippen molar-refractivity contribution in [1.82, 2.24) is 4.90 Å². The van der Waals surface area contributed by atoms with Gasteiger partial charge in [-0.2, -0.15) is 0 Å². The molecule has 2 aliphatic heterocycles. The fourth-order valence-corrected chi connectivity index (χ4v) is 4.63. The molecule has 0 aliphatic carbocycles. The first-order valence-electron chi connectivity index (χ1n) is 11.2. The molecule has 2 amide bonds. The fourth-order valence-electron chi connectivity index (χ4n) is 4.63. The average Bonchev–Trinajstić information content (AvgIpc) is 3.13. The van der Waals surface area contributed by atoms with E-state index in [2.05, 4.69) is 12.1 Å². The van der Waals surface area contributed by atoms with Gasteiger partial charge in [0.2, 0.25) is 0 Å². The summed E-state index contributed by atoms with van der Waals surface area (Å²) in [5, 5.41) is 0. The molecule has 0 aromatic heterocycles. The topological polar surface area (TPSA) is 59.1 Å². The lowest BCUT2D eigenvalue weighted by Gasteiger charge is -2.31. The minimum absolute atomic E-state index is 0.338. The number of aryl methyl sites for hydroxylation is 1. The number of fused-ring (bicyclic) bond motifs is 1. The second-order valence-electron chi connectivity index (χ2n) is 8.55. The van der Waals surface area contributed by atoms with Crippen LogP contribution in [-0.4, -0.2) is 37.5 Å². The van der Waals surface area contributed by atoms with Gasteiger partial charge in [0.15, 0.2) is 0 Å². The van der Waals surface area contributed by atoms with Gasteiger partial charge in [-0.15, -0.1) is 0 Å². The molecule has 0 radical (unpaired) electrons. The van der Waals surface area contributed by atoms with E-state index in [1.54, 1.807) is 32.4 Å². The van der Waals surface area contributed by atoms with Crippen LogP contribution in [-0.2, 0) is 22.6 Å². The van der Waals surface area contributed by atoms with E-state index in [0.717, 1.165) is 17.5 Å². The standard InChI is InChI=1S/C28H26N2O4/c1-18-8-10-20(11-9-18)25-26(29-13-12-19-6-4-5-7-21(19)17-29)28(32)30(27(25)31)22-14-23(33-2)16-24(15-22)34-3/h4-11,14-16H,12-13,17H2,1-3H3. The molecule has 0 saturated heterocycles. The molecule has 0 saturated carbocycles. The first-order chi connectivity index (χ1) is 16.5. The molecule has 3 aromatic carbocycles. The van der Waals surface area contributed by atoms with Gasteiger partial charge in [0.25, 0.3) is 11.8 Å². The summed E-state index contributed by atoms with van der Waals surface area (Å²) in [6, 6.07) is 21.1. The maximum absolute atomic E-state index is 13.9. The molecule has 5 rings (SSSR count). The molecule has 0 spiro atoms. The van der Waals surface area contributed by atoms with Gasteiger partial charge in [-0.05, 0) is 30.0 Å². The SMILES string of the molecule is COc1cc(OC)cc(N2C(=O)C(c3ccc(C)cc3)=C(N3CCc4ccccc4C3)C2=O)c1. The maximum Gasteiger partial charge on any atom is 0.282 e. The van der Waals surface area contributed by atoms with Crippen molar-refractivity contribution in [2.75, 3.05) is 25.7 Å².